The van der Waals surface area contributed by atoms with E-state index in [9.17, 15) is 23.1 Å². The molecule has 176 valence electrons. The summed E-state index contributed by atoms with van der Waals surface area (Å²) in [6.45, 7) is 3.78. The molecule has 8 nitrogen and oxygen atoms in total. The maximum Gasteiger partial charge on any atom is 0.451 e. The van der Waals surface area contributed by atoms with E-state index in [0.717, 1.165) is 23.7 Å². The summed E-state index contributed by atoms with van der Waals surface area (Å²) >= 11 is 0. The normalized spacial score (nSPS) is 11.9. The zero-order valence-electron chi connectivity index (χ0n) is 18.2. The molecule has 0 fully saturated rings. The van der Waals surface area contributed by atoms with Crippen molar-refractivity contribution in [3.8, 4) is 16.8 Å². The molecule has 0 saturated carbocycles. The van der Waals surface area contributed by atoms with E-state index in [0.29, 0.717) is 15.8 Å². The molecule has 0 radical (unpaired) electrons. The lowest BCUT2D eigenvalue weighted by atomic mass is 10.0. The third kappa shape index (κ3) is 6.01. The first-order chi connectivity index (χ1) is 16.1. The van der Waals surface area contributed by atoms with Crippen molar-refractivity contribution in [3.05, 3.63) is 90.0 Å². The number of hydrogen-bond acceptors (Lipinski definition) is 6. The van der Waals surface area contributed by atoms with Crippen LogP contribution in [0.2, 0.25) is 0 Å². The van der Waals surface area contributed by atoms with Crippen molar-refractivity contribution in [1.82, 2.24) is 24.7 Å². The summed E-state index contributed by atoms with van der Waals surface area (Å²) in [6, 6.07) is 11.2. The van der Waals surface area contributed by atoms with Crippen molar-refractivity contribution in [3.63, 3.8) is 0 Å². The first kappa shape index (κ1) is 24.5. The van der Waals surface area contributed by atoms with Crippen LogP contribution >= 0.6 is 0 Å². The van der Waals surface area contributed by atoms with Crippen LogP contribution in [0, 0.1) is 6.92 Å². The molecule has 4 rings (SSSR count). The van der Waals surface area contributed by atoms with Crippen molar-refractivity contribution in [1.29, 1.82) is 0 Å². The Hall–Kier alpha value is -4.12. The number of carboxylic acids is 1. The number of nitrogens with two attached hydrogens (primary N) is 1. The Morgan fingerprint density at radius 1 is 1.06 bits per heavy atom. The van der Waals surface area contributed by atoms with Crippen LogP contribution in [-0.4, -0.2) is 35.8 Å². The first-order valence-electron chi connectivity index (χ1n) is 10.0. The number of aromatic carboxylic acids is 1. The van der Waals surface area contributed by atoms with E-state index < -0.39 is 18.0 Å². The number of benzene rings is 2. The average molecular weight is 470 g/mol. The predicted octanol–water partition coefficient (Wildman–Crippen LogP) is 4.46. The second kappa shape index (κ2) is 10.2. The van der Waals surface area contributed by atoms with Crippen LogP contribution in [0.3, 0.4) is 0 Å². The van der Waals surface area contributed by atoms with E-state index in [1.165, 1.54) is 12.1 Å². The fraction of sp³-hybridized carbons (Fsp3) is 0.174. The van der Waals surface area contributed by atoms with Crippen molar-refractivity contribution in [2.24, 2.45) is 5.73 Å². The van der Waals surface area contributed by atoms with Crippen LogP contribution in [0.15, 0.2) is 67.4 Å². The summed E-state index contributed by atoms with van der Waals surface area (Å²) in [5, 5.41) is 12.9. The Balaban J connectivity index is 0.000000302. The molecule has 2 aromatic heterocycles. The van der Waals surface area contributed by atoms with Gasteiger partial charge in [0, 0.05) is 24.6 Å². The number of carboxylic acid groups (broad SMARTS) is 1. The van der Waals surface area contributed by atoms with Gasteiger partial charge >= 0.3 is 12.1 Å². The molecule has 0 bridgehead atoms. The van der Waals surface area contributed by atoms with Gasteiger partial charge in [-0.15, -0.1) is 0 Å². The lowest BCUT2D eigenvalue weighted by molar-refractivity contribution is -0.146. The third-order valence-electron chi connectivity index (χ3n) is 4.65. The number of aryl methyl sites for hydroxylation is 1. The molecule has 0 saturated heterocycles. The molecule has 0 aliphatic carbocycles. The number of nitrogens with zero attached hydrogens (tertiary/aromatic N) is 5. The Labute approximate surface area is 192 Å². The Bertz CT molecular complexity index is 1260. The van der Waals surface area contributed by atoms with E-state index in [-0.39, 0.29) is 17.3 Å². The average Bonchev–Trinajstić information content (AvgIpc) is 3.31. The summed E-state index contributed by atoms with van der Waals surface area (Å²) < 4.78 is 39.8. The van der Waals surface area contributed by atoms with Gasteiger partial charge in [-0.1, -0.05) is 29.8 Å². The number of carbonyl (C=O) groups is 1. The van der Waals surface area contributed by atoms with Crippen LogP contribution in [0.4, 0.5) is 13.2 Å². The highest BCUT2D eigenvalue weighted by Crippen LogP contribution is 2.31. The molecule has 2 aromatic carbocycles. The Kier molecular flexibility index (Phi) is 7.37. The quantitative estimate of drug-likeness (QED) is 0.452. The molecule has 34 heavy (non-hydrogen) atoms. The van der Waals surface area contributed by atoms with Crippen LogP contribution in [0.25, 0.3) is 16.8 Å². The molecule has 1 unspecified atom stereocenters. The largest absolute Gasteiger partial charge is 0.478 e. The summed E-state index contributed by atoms with van der Waals surface area (Å²) in [4.78, 5) is 22.5. The van der Waals surface area contributed by atoms with Gasteiger partial charge in [-0.25, -0.2) is 14.5 Å². The molecule has 0 aliphatic heterocycles. The van der Waals surface area contributed by atoms with E-state index in [4.69, 9.17) is 5.73 Å². The van der Waals surface area contributed by atoms with E-state index >= 15 is 0 Å². The number of rotatable bonds is 4. The smallest absolute Gasteiger partial charge is 0.451 e. The highest BCUT2D eigenvalue weighted by Gasteiger charge is 2.37. The number of alkyl halides is 3. The maximum absolute atomic E-state index is 13.1. The minimum Gasteiger partial charge on any atom is -0.478 e. The molecule has 0 amide bonds. The standard InChI is InChI=1S/C17H12F3N3O2.C6H9N3/c1-10-2-4-11(5-3-10)12-6-13(15(24)25)8-14(7-12)23-16(17(18,19)20)21-9-22-23;1-5(7)6-4-8-2-3-9-6/h2-9H,1H3,(H,24,25);2-5H,7H2,1H3. The Morgan fingerprint density at radius 3 is 2.29 bits per heavy atom. The molecule has 0 aliphatic rings. The second-order valence-corrected chi connectivity index (χ2v) is 7.35. The molecule has 3 N–H and O–H groups in total. The lowest BCUT2D eigenvalue weighted by Crippen LogP contribution is -2.15. The van der Waals surface area contributed by atoms with Crippen LogP contribution < -0.4 is 5.73 Å². The highest BCUT2D eigenvalue weighted by molar-refractivity contribution is 5.90. The monoisotopic (exact) mass is 470 g/mol. The number of hydrogen-bond donors (Lipinski definition) is 2. The molecule has 2 heterocycles. The van der Waals surface area contributed by atoms with Gasteiger partial charge in [0.25, 0.3) is 0 Å². The third-order valence-corrected chi connectivity index (χ3v) is 4.65. The topological polar surface area (TPSA) is 120 Å². The van der Waals surface area contributed by atoms with Gasteiger partial charge in [-0.3, -0.25) is 9.97 Å². The molecule has 0 spiro atoms. The van der Waals surface area contributed by atoms with Crippen molar-refractivity contribution >= 4 is 5.97 Å². The molecule has 11 heteroatoms. The van der Waals surface area contributed by atoms with Crippen molar-refractivity contribution in [2.45, 2.75) is 26.1 Å². The zero-order chi connectivity index (χ0) is 24.9. The molecular formula is C23H21F3N6O2. The van der Waals surface area contributed by atoms with E-state index in [1.54, 1.807) is 30.7 Å². The fourth-order valence-corrected chi connectivity index (χ4v) is 2.94. The maximum atomic E-state index is 13.1. The summed E-state index contributed by atoms with van der Waals surface area (Å²) in [5.41, 5.74) is 8.34. The fourth-order valence-electron chi connectivity index (χ4n) is 2.94. The van der Waals surface area contributed by atoms with Gasteiger partial charge in [-0.05, 0) is 43.2 Å². The van der Waals surface area contributed by atoms with Gasteiger partial charge in [0.2, 0.25) is 5.82 Å². The van der Waals surface area contributed by atoms with Crippen molar-refractivity contribution < 1.29 is 23.1 Å². The predicted molar refractivity (Wildman–Crippen MR) is 118 cm³/mol. The number of aromatic nitrogens is 5. The summed E-state index contributed by atoms with van der Waals surface area (Å²) in [7, 11) is 0. The summed E-state index contributed by atoms with van der Waals surface area (Å²) in [5.74, 6) is -2.46. The minimum atomic E-state index is -4.71. The molecule has 1 atom stereocenters. The first-order valence-corrected chi connectivity index (χ1v) is 10.0. The van der Waals surface area contributed by atoms with Gasteiger partial charge in [-0.2, -0.15) is 18.3 Å². The van der Waals surface area contributed by atoms with Gasteiger partial charge in [0.05, 0.1) is 16.9 Å². The van der Waals surface area contributed by atoms with Crippen LogP contribution in [0.1, 0.15) is 40.4 Å². The lowest BCUT2D eigenvalue weighted by Gasteiger charge is -2.12. The molecular weight excluding hydrogens is 449 g/mol. The highest BCUT2D eigenvalue weighted by atomic mass is 19.4. The minimum absolute atomic E-state index is 0.0151. The van der Waals surface area contributed by atoms with Crippen LogP contribution in [-0.2, 0) is 6.18 Å². The van der Waals surface area contributed by atoms with Gasteiger partial charge in [0.15, 0.2) is 0 Å². The van der Waals surface area contributed by atoms with E-state index in [2.05, 4.69) is 20.1 Å². The van der Waals surface area contributed by atoms with Gasteiger partial charge < -0.3 is 10.8 Å². The zero-order valence-corrected chi connectivity index (χ0v) is 18.2. The van der Waals surface area contributed by atoms with E-state index in [1.807, 2.05) is 26.0 Å². The molecule has 4 aromatic rings. The SMILES string of the molecule is CC(N)c1cnccn1.Cc1ccc(-c2cc(C(=O)O)cc(-n3ncnc3C(F)(F)F)c2)cc1. The number of halogens is 3. The summed E-state index contributed by atoms with van der Waals surface area (Å²) in [6.07, 6.45) is 1.01. The van der Waals surface area contributed by atoms with Gasteiger partial charge in [0.1, 0.15) is 6.33 Å². The Morgan fingerprint density at radius 2 is 1.76 bits per heavy atom. The van der Waals surface area contributed by atoms with Crippen LogP contribution in [0.5, 0.6) is 0 Å². The second-order valence-electron chi connectivity index (χ2n) is 7.35. The van der Waals surface area contributed by atoms with Crippen molar-refractivity contribution in [2.75, 3.05) is 0 Å².